The van der Waals surface area contributed by atoms with Gasteiger partial charge in [0.2, 0.25) is 0 Å². The van der Waals surface area contributed by atoms with Gasteiger partial charge in [-0.1, -0.05) is 29.8 Å². The first kappa shape index (κ1) is 13.7. The minimum absolute atomic E-state index is 0.0932. The molecule has 106 valence electrons. The van der Waals surface area contributed by atoms with Crippen LogP contribution < -0.4 is 4.74 Å². The summed E-state index contributed by atoms with van der Waals surface area (Å²) in [6.45, 7) is 1.89. The van der Waals surface area contributed by atoms with E-state index in [0.717, 1.165) is 16.6 Å². The first-order valence-electron chi connectivity index (χ1n) is 6.57. The second-order valence-electron chi connectivity index (χ2n) is 4.84. The van der Waals surface area contributed by atoms with Gasteiger partial charge in [-0.15, -0.1) is 0 Å². The van der Waals surface area contributed by atoms with Gasteiger partial charge in [0.1, 0.15) is 5.75 Å². The topological polar surface area (TPSA) is 42.1 Å². The molecule has 0 amide bonds. The standard InChI is InChI=1S/C17H14ClNO2/c1-10-16(12-5-3-4-6-14(12)19-10)17(20)13-9-11(18)7-8-15(13)21-2/h3-9,19H,1-2H3. The van der Waals surface area contributed by atoms with Crippen LogP contribution in [-0.4, -0.2) is 17.9 Å². The molecule has 0 saturated carbocycles. The molecule has 0 unspecified atom stereocenters. The van der Waals surface area contributed by atoms with Crippen molar-refractivity contribution in [1.29, 1.82) is 0 Å². The maximum atomic E-state index is 12.9. The lowest BCUT2D eigenvalue weighted by Crippen LogP contribution is -2.05. The van der Waals surface area contributed by atoms with Gasteiger partial charge in [-0.3, -0.25) is 4.79 Å². The Hall–Kier alpha value is -2.26. The number of carbonyl (C=O) groups is 1. The zero-order chi connectivity index (χ0) is 15.0. The molecule has 21 heavy (non-hydrogen) atoms. The van der Waals surface area contributed by atoms with E-state index in [4.69, 9.17) is 16.3 Å². The van der Waals surface area contributed by atoms with Gasteiger partial charge in [0.05, 0.1) is 18.2 Å². The molecule has 0 spiro atoms. The van der Waals surface area contributed by atoms with Crippen LogP contribution in [0.25, 0.3) is 10.9 Å². The Labute approximate surface area is 127 Å². The second-order valence-corrected chi connectivity index (χ2v) is 5.28. The molecule has 0 atom stereocenters. The third-order valence-electron chi connectivity index (χ3n) is 3.53. The Balaban J connectivity index is 2.22. The lowest BCUT2D eigenvalue weighted by Gasteiger charge is -2.08. The van der Waals surface area contributed by atoms with Gasteiger partial charge in [-0.05, 0) is 31.2 Å². The molecule has 3 rings (SSSR count). The van der Waals surface area contributed by atoms with Gasteiger partial charge in [-0.25, -0.2) is 0 Å². The van der Waals surface area contributed by atoms with E-state index in [1.807, 2.05) is 31.2 Å². The predicted molar refractivity (Wildman–Crippen MR) is 84.5 cm³/mol. The SMILES string of the molecule is COc1ccc(Cl)cc1C(=O)c1c(C)[nH]c2ccccc12. The van der Waals surface area contributed by atoms with E-state index in [9.17, 15) is 4.79 Å². The molecule has 1 heterocycles. The first-order chi connectivity index (χ1) is 10.1. The number of carbonyl (C=O) groups excluding carboxylic acids is 1. The van der Waals surface area contributed by atoms with Crippen LogP contribution in [0.5, 0.6) is 5.75 Å². The highest BCUT2D eigenvalue weighted by Crippen LogP contribution is 2.29. The average Bonchev–Trinajstić information content (AvgIpc) is 2.82. The number of hydrogen-bond acceptors (Lipinski definition) is 2. The number of ketones is 1. The summed E-state index contributed by atoms with van der Waals surface area (Å²) < 4.78 is 5.28. The van der Waals surface area contributed by atoms with E-state index in [1.165, 1.54) is 0 Å². The van der Waals surface area contributed by atoms with Gasteiger partial charge in [0.15, 0.2) is 5.78 Å². The Bertz CT molecular complexity index is 836. The minimum Gasteiger partial charge on any atom is -0.496 e. The average molecular weight is 300 g/mol. The van der Waals surface area contributed by atoms with Gasteiger partial charge in [0, 0.05) is 21.6 Å². The number of H-pyrrole nitrogens is 1. The number of aromatic amines is 1. The molecule has 3 nitrogen and oxygen atoms in total. The van der Waals surface area contributed by atoms with Crippen molar-refractivity contribution in [3.05, 3.63) is 64.3 Å². The van der Waals surface area contributed by atoms with E-state index in [1.54, 1.807) is 25.3 Å². The number of ether oxygens (including phenoxy) is 1. The van der Waals surface area contributed by atoms with Crippen LogP contribution >= 0.6 is 11.6 Å². The van der Waals surface area contributed by atoms with Crippen molar-refractivity contribution < 1.29 is 9.53 Å². The maximum Gasteiger partial charge on any atom is 0.199 e. The molecular weight excluding hydrogens is 286 g/mol. The highest BCUT2D eigenvalue weighted by Gasteiger charge is 2.20. The fourth-order valence-electron chi connectivity index (χ4n) is 2.56. The van der Waals surface area contributed by atoms with Crippen molar-refractivity contribution in [3.63, 3.8) is 0 Å². The molecule has 0 bridgehead atoms. The first-order valence-corrected chi connectivity index (χ1v) is 6.95. The summed E-state index contributed by atoms with van der Waals surface area (Å²) in [6.07, 6.45) is 0. The third-order valence-corrected chi connectivity index (χ3v) is 3.76. The Morgan fingerprint density at radius 3 is 2.71 bits per heavy atom. The minimum atomic E-state index is -0.0932. The van der Waals surface area contributed by atoms with Crippen molar-refractivity contribution in [2.75, 3.05) is 7.11 Å². The molecule has 0 aliphatic carbocycles. The van der Waals surface area contributed by atoms with Crippen LogP contribution in [0.2, 0.25) is 5.02 Å². The number of fused-ring (bicyclic) bond motifs is 1. The summed E-state index contributed by atoms with van der Waals surface area (Å²) in [5.41, 5.74) is 2.91. The van der Waals surface area contributed by atoms with Crippen LogP contribution in [0.4, 0.5) is 0 Å². The number of nitrogens with one attached hydrogen (secondary N) is 1. The lowest BCUT2D eigenvalue weighted by atomic mass is 9.99. The summed E-state index contributed by atoms with van der Waals surface area (Å²) in [4.78, 5) is 16.2. The smallest absolute Gasteiger partial charge is 0.199 e. The van der Waals surface area contributed by atoms with E-state index in [-0.39, 0.29) is 5.78 Å². The largest absolute Gasteiger partial charge is 0.496 e. The normalized spacial score (nSPS) is 10.8. The number of rotatable bonds is 3. The molecule has 0 aliphatic rings. The second kappa shape index (κ2) is 5.26. The molecule has 2 aromatic carbocycles. The fourth-order valence-corrected chi connectivity index (χ4v) is 2.73. The number of hydrogen-bond donors (Lipinski definition) is 1. The Kier molecular flexibility index (Phi) is 3.43. The van der Waals surface area contributed by atoms with Crippen LogP contribution in [0.3, 0.4) is 0 Å². The summed E-state index contributed by atoms with van der Waals surface area (Å²) in [6, 6.07) is 12.8. The fraction of sp³-hybridized carbons (Fsp3) is 0.118. The highest BCUT2D eigenvalue weighted by atomic mass is 35.5. The van der Waals surface area contributed by atoms with E-state index < -0.39 is 0 Å². The van der Waals surface area contributed by atoms with Gasteiger partial charge in [-0.2, -0.15) is 0 Å². The molecule has 3 aromatic rings. The number of aryl methyl sites for hydroxylation is 1. The Morgan fingerprint density at radius 2 is 1.95 bits per heavy atom. The molecule has 0 fully saturated rings. The molecule has 1 aromatic heterocycles. The van der Waals surface area contributed by atoms with Gasteiger partial charge >= 0.3 is 0 Å². The number of methoxy groups -OCH3 is 1. The zero-order valence-electron chi connectivity index (χ0n) is 11.7. The summed E-state index contributed by atoms with van der Waals surface area (Å²) in [7, 11) is 1.54. The van der Waals surface area contributed by atoms with Crippen molar-refractivity contribution in [1.82, 2.24) is 4.98 Å². The molecule has 0 radical (unpaired) electrons. The Morgan fingerprint density at radius 1 is 1.19 bits per heavy atom. The highest BCUT2D eigenvalue weighted by molar-refractivity contribution is 6.31. The quantitative estimate of drug-likeness (QED) is 0.730. The lowest BCUT2D eigenvalue weighted by molar-refractivity contribution is 0.103. The van der Waals surface area contributed by atoms with E-state index in [0.29, 0.717) is 21.9 Å². The number of para-hydroxylation sites is 1. The van der Waals surface area contributed by atoms with Gasteiger partial charge < -0.3 is 9.72 Å². The number of aromatic nitrogens is 1. The summed E-state index contributed by atoms with van der Waals surface area (Å²) in [5, 5.41) is 1.42. The predicted octanol–water partition coefficient (Wildman–Crippen LogP) is 4.37. The molecule has 0 aliphatic heterocycles. The summed E-state index contributed by atoms with van der Waals surface area (Å²) in [5.74, 6) is 0.429. The van der Waals surface area contributed by atoms with Crippen LogP contribution in [0.1, 0.15) is 21.6 Å². The number of benzene rings is 2. The van der Waals surface area contributed by atoms with Crippen molar-refractivity contribution >= 4 is 28.3 Å². The zero-order valence-corrected chi connectivity index (χ0v) is 12.5. The van der Waals surface area contributed by atoms with Gasteiger partial charge in [0.25, 0.3) is 0 Å². The third kappa shape index (κ3) is 2.30. The van der Waals surface area contributed by atoms with Crippen molar-refractivity contribution in [2.24, 2.45) is 0 Å². The number of halogens is 1. The maximum absolute atomic E-state index is 12.9. The summed E-state index contributed by atoms with van der Waals surface area (Å²) >= 11 is 6.02. The van der Waals surface area contributed by atoms with E-state index in [2.05, 4.69) is 4.98 Å². The van der Waals surface area contributed by atoms with Crippen molar-refractivity contribution in [3.8, 4) is 5.75 Å². The van der Waals surface area contributed by atoms with Crippen LogP contribution in [0, 0.1) is 6.92 Å². The molecular formula is C17H14ClNO2. The molecule has 4 heteroatoms. The molecule has 0 saturated heterocycles. The van der Waals surface area contributed by atoms with Crippen LogP contribution in [0.15, 0.2) is 42.5 Å². The molecule has 1 N–H and O–H groups in total. The van der Waals surface area contributed by atoms with E-state index >= 15 is 0 Å². The van der Waals surface area contributed by atoms with Crippen LogP contribution in [-0.2, 0) is 0 Å². The van der Waals surface area contributed by atoms with Crippen molar-refractivity contribution in [2.45, 2.75) is 6.92 Å². The monoisotopic (exact) mass is 299 g/mol.